The number of fused-ring (bicyclic) bond motifs is 1. The molecule has 4 heterocycles. The predicted molar refractivity (Wildman–Crippen MR) is 89.1 cm³/mol. The second-order valence-corrected chi connectivity index (χ2v) is 5.81. The predicted octanol–water partition coefficient (Wildman–Crippen LogP) is 1.35. The number of pyridine rings is 1. The van der Waals surface area contributed by atoms with Gasteiger partial charge in [0.25, 0.3) is 0 Å². The van der Waals surface area contributed by atoms with Gasteiger partial charge in [-0.15, -0.1) is 5.10 Å². The van der Waals surface area contributed by atoms with Crippen molar-refractivity contribution in [2.75, 3.05) is 31.2 Å². The Balaban J connectivity index is 1.64. The molecule has 0 aliphatic carbocycles. The molecule has 3 aromatic heterocycles. The van der Waals surface area contributed by atoms with Crippen LogP contribution >= 0.6 is 11.6 Å². The summed E-state index contributed by atoms with van der Waals surface area (Å²) >= 11 is 6.13. The van der Waals surface area contributed by atoms with Gasteiger partial charge in [-0.3, -0.25) is 4.98 Å². The van der Waals surface area contributed by atoms with E-state index in [9.17, 15) is 0 Å². The maximum absolute atomic E-state index is 6.13. The van der Waals surface area contributed by atoms with Gasteiger partial charge in [0.15, 0.2) is 17.0 Å². The molecule has 0 amide bonds. The van der Waals surface area contributed by atoms with Crippen molar-refractivity contribution in [3.63, 3.8) is 0 Å². The second kappa shape index (κ2) is 6.66. The van der Waals surface area contributed by atoms with Gasteiger partial charge in [0.05, 0.1) is 19.8 Å². The summed E-state index contributed by atoms with van der Waals surface area (Å²) < 4.78 is 7.14. The van der Waals surface area contributed by atoms with Crippen LogP contribution in [0, 0.1) is 0 Å². The number of hydrogen-bond donors (Lipinski definition) is 0. The summed E-state index contributed by atoms with van der Waals surface area (Å²) in [5.74, 6) is 0.720. The zero-order valence-electron chi connectivity index (χ0n) is 13.0. The average Bonchev–Trinajstić information content (AvgIpc) is 3.03. The minimum absolute atomic E-state index is 0.199. The molecule has 9 heteroatoms. The summed E-state index contributed by atoms with van der Waals surface area (Å²) in [6.45, 7) is 3.46. The molecule has 1 fully saturated rings. The fraction of sp³-hybridized carbons (Fsp3) is 0.400. The summed E-state index contributed by atoms with van der Waals surface area (Å²) in [5, 5.41) is 8.70. The molecular formula is C15H16ClN7O. The van der Waals surface area contributed by atoms with Gasteiger partial charge in [0, 0.05) is 31.4 Å². The molecule has 4 rings (SSSR count). The molecule has 1 aliphatic rings. The maximum atomic E-state index is 6.13. The lowest BCUT2D eigenvalue weighted by Gasteiger charge is -2.27. The van der Waals surface area contributed by atoms with Crippen LogP contribution in [0.4, 0.5) is 5.82 Å². The summed E-state index contributed by atoms with van der Waals surface area (Å²) in [6.07, 6.45) is 2.53. The summed E-state index contributed by atoms with van der Waals surface area (Å²) in [5.41, 5.74) is 2.31. The Bertz CT molecular complexity index is 832. The van der Waals surface area contributed by atoms with E-state index >= 15 is 0 Å². The highest BCUT2D eigenvalue weighted by atomic mass is 35.5. The first-order valence-corrected chi connectivity index (χ1v) is 8.18. The molecule has 0 aromatic carbocycles. The third-order valence-electron chi connectivity index (χ3n) is 3.93. The van der Waals surface area contributed by atoms with Crippen molar-refractivity contribution < 1.29 is 4.74 Å². The molecule has 8 nitrogen and oxygen atoms in total. The van der Waals surface area contributed by atoms with E-state index in [1.807, 2.05) is 18.2 Å². The van der Waals surface area contributed by atoms with Gasteiger partial charge >= 0.3 is 0 Å². The van der Waals surface area contributed by atoms with Gasteiger partial charge in [-0.2, -0.15) is 9.97 Å². The fourth-order valence-corrected chi connectivity index (χ4v) is 2.89. The zero-order valence-corrected chi connectivity index (χ0v) is 13.7. The van der Waals surface area contributed by atoms with Crippen LogP contribution in [0.2, 0.25) is 5.28 Å². The number of halogens is 1. The van der Waals surface area contributed by atoms with E-state index in [1.165, 1.54) is 0 Å². The third kappa shape index (κ3) is 3.02. The number of aryl methyl sites for hydroxylation is 2. The molecule has 1 aliphatic heterocycles. The normalized spacial score (nSPS) is 15.1. The molecule has 24 heavy (non-hydrogen) atoms. The summed E-state index contributed by atoms with van der Waals surface area (Å²) in [4.78, 5) is 15.1. The summed E-state index contributed by atoms with van der Waals surface area (Å²) in [7, 11) is 0. The number of hydrogen-bond acceptors (Lipinski definition) is 7. The molecule has 0 saturated carbocycles. The first kappa shape index (κ1) is 15.2. The number of rotatable bonds is 4. The quantitative estimate of drug-likeness (QED) is 0.660. The van der Waals surface area contributed by atoms with Crippen molar-refractivity contribution in [1.82, 2.24) is 29.9 Å². The molecule has 3 aromatic rings. The van der Waals surface area contributed by atoms with Crippen LogP contribution in [-0.2, 0) is 17.7 Å². The smallest absolute Gasteiger partial charge is 0.226 e. The Kier molecular flexibility index (Phi) is 4.22. The first-order valence-electron chi connectivity index (χ1n) is 7.80. The van der Waals surface area contributed by atoms with E-state index in [0.717, 1.165) is 31.0 Å². The Labute approximate surface area is 143 Å². The number of aromatic nitrogens is 6. The van der Waals surface area contributed by atoms with Crippen molar-refractivity contribution in [3.05, 3.63) is 35.4 Å². The summed E-state index contributed by atoms with van der Waals surface area (Å²) in [6, 6.07) is 5.85. The van der Waals surface area contributed by atoms with Crippen molar-refractivity contribution in [1.29, 1.82) is 0 Å². The number of nitrogens with zero attached hydrogens (tertiary/aromatic N) is 7. The number of morpholine rings is 1. The molecular weight excluding hydrogens is 330 g/mol. The lowest BCUT2D eigenvalue weighted by atomic mass is 10.3. The zero-order chi connectivity index (χ0) is 16.4. The Hall–Kier alpha value is -2.32. The van der Waals surface area contributed by atoms with Crippen LogP contribution in [-0.4, -0.2) is 56.2 Å². The van der Waals surface area contributed by atoms with E-state index < -0.39 is 0 Å². The first-order chi connectivity index (χ1) is 11.8. The molecule has 0 radical (unpaired) electrons. The SMILES string of the molecule is Clc1nc(N2CCOCC2)c2nnn(CCc3ccccn3)c2n1. The lowest BCUT2D eigenvalue weighted by molar-refractivity contribution is 0.122. The highest BCUT2D eigenvalue weighted by Crippen LogP contribution is 2.24. The molecule has 0 unspecified atom stereocenters. The van der Waals surface area contributed by atoms with E-state index in [-0.39, 0.29) is 5.28 Å². The Morgan fingerprint density at radius 3 is 2.83 bits per heavy atom. The molecule has 0 bridgehead atoms. The molecule has 0 atom stereocenters. The van der Waals surface area contributed by atoms with Gasteiger partial charge in [-0.25, -0.2) is 4.68 Å². The largest absolute Gasteiger partial charge is 0.378 e. The van der Waals surface area contributed by atoms with E-state index in [1.54, 1.807) is 10.9 Å². The van der Waals surface area contributed by atoms with Crippen molar-refractivity contribution in [2.24, 2.45) is 0 Å². The van der Waals surface area contributed by atoms with Gasteiger partial charge in [-0.1, -0.05) is 11.3 Å². The van der Waals surface area contributed by atoms with E-state index in [0.29, 0.717) is 30.9 Å². The third-order valence-corrected chi connectivity index (χ3v) is 4.10. The minimum atomic E-state index is 0.199. The van der Waals surface area contributed by atoms with E-state index in [2.05, 4.69) is 30.2 Å². The number of ether oxygens (including phenoxy) is 1. The van der Waals surface area contributed by atoms with Crippen LogP contribution in [0.1, 0.15) is 5.69 Å². The standard InChI is InChI=1S/C15H16ClN7O/c16-15-18-13(22-7-9-24-10-8-22)12-14(19-15)23(21-20-12)6-4-11-3-1-2-5-17-11/h1-3,5H,4,6-10H2. The molecule has 0 spiro atoms. The van der Waals surface area contributed by atoms with Gasteiger partial charge in [-0.05, 0) is 23.7 Å². The monoisotopic (exact) mass is 345 g/mol. The van der Waals surface area contributed by atoms with Gasteiger partial charge in [0.2, 0.25) is 5.28 Å². The second-order valence-electron chi connectivity index (χ2n) is 5.47. The van der Waals surface area contributed by atoms with Crippen LogP contribution in [0.5, 0.6) is 0 Å². The van der Waals surface area contributed by atoms with Crippen LogP contribution < -0.4 is 4.90 Å². The van der Waals surface area contributed by atoms with Crippen molar-refractivity contribution >= 4 is 28.6 Å². The Morgan fingerprint density at radius 2 is 2.04 bits per heavy atom. The number of anilines is 1. The Morgan fingerprint density at radius 1 is 1.17 bits per heavy atom. The fourth-order valence-electron chi connectivity index (χ4n) is 2.73. The molecule has 0 N–H and O–H groups in total. The van der Waals surface area contributed by atoms with Crippen molar-refractivity contribution in [3.8, 4) is 0 Å². The molecule has 124 valence electrons. The minimum Gasteiger partial charge on any atom is -0.378 e. The van der Waals surface area contributed by atoms with Gasteiger partial charge < -0.3 is 9.64 Å². The van der Waals surface area contributed by atoms with Crippen LogP contribution in [0.15, 0.2) is 24.4 Å². The van der Waals surface area contributed by atoms with Crippen LogP contribution in [0.25, 0.3) is 11.2 Å². The highest BCUT2D eigenvalue weighted by Gasteiger charge is 2.20. The van der Waals surface area contributed by atoms with Crippen LogP contribution in [0.3, 0.4) is 0 Å². The van der Waals surface area contributed by atoms with Gasteiger partial charge in [0.1, 0.15) is 0 Å². The average molecular weight is 346 g/mol. The van der Waals surface area contributed by atoms with E-state index in [4.69, 9.17) is 16.3 Å². The maximum Gasteiger partial charge on any atom is 0.226 e. The molecule has 1 saturated heterocycles. The van der Waals surface area contributed by atoms with Crippen molar-refractivity contribution in [2.45, 2.75) is 13.0 Å². The highest BCUT2D eigenvalue weighted by molar-refractivity contribution is 6.28. The lowest BCUT2D eigenvalue weighted by Crippen LogP contribution is -2.37. The topological polar surface area (TPSA) is 81.9 Å².